The van der Waals surface area contributed by atoms with Gasteiger partial charge >= 0.3 is 6.03 Å². The maximum Gasteiger partial charge on any atom is 0.319 e. The second kappa shape index (κ2) is 7.86. The van der Waals surface area contributed by atoms with Crippen LogP contribution in [0.2, 0.25) is 0 Å². The van der Waals surface area contributed by atoms with Gasteiger partial charge in [-0.2, -0.15) is 0 Å². The van der Waals surface area contributed by atoms with Crippen LogP contribution in [0.4, 0.5) is 4.79 Å². The molecule has 0 saturated heterocycles. The molecule has 0 radical (unpaired) electrons. The van der Waals surface area contributed by atoms with Crippen molar-refractivity contribution in [3.05, 3.63) is 59.4 Å². The zero-order valence-corrected chi connectivity index (χ0v) is 16.6. The summed E-state index contributed by atoms with van der Waals surface area (Å²) in [6, 6.07) is 12.1. The minimum atomic E-state index is -0.140. The molecule has 3 rings (SSSR count). The zero-order chi connectivity index (χ0) is 19.6. The van der Waals surface area contributed by atoms with Crippen LogP contribution in [0.15, 0.2) is 42.6 Å². The third-order valence-electron chi connectivity index (χ3n) is 5.08. The maximum absolute atomic E-state index is 13.2. The molecule has 27 heavy (non-hydrogen) atoms. The number of hydrogen-bond donors (Lipinski definition) is 0. The van der Waals surface area contributed by atoms with Crippen molar-refractivity contribution in [1.82, 2.24) is 19.3 Å². The van der Waals surface area contributed by atoms with E-state index in [1.54, 1.807) is 19.0 Å². The van der Waals surface area contributed by atoms with Crippen molar-refractivity contribution in [2.24, 2.45) is 0 Å². The van der Waals surface area contributed by atoms with Gasteiger partial charge in [0.15, 0.2) is 0 Å². The van der Waals surface area contributed by atoms with Crippen molar-refractivity contribution < 1.29 is 9.59 Å². The number of hydrogen-bond acceptors (Lipinski definition) is 2. The largest absolute Gasteiger partial charge is 0.348 e. The summed E-state index contributed by atoms with van der Waals surface area (Å²) >= 11 is 0. The topological polar surface area (TPSA) is 48.8 Å². The highest BCUT2D eigenvalue weighted by Crippen LogP contribution is 2.32. The van der Waals surface area contributed by atoms with E-state index in [0.29, 0.717) is 13.1 Å². The molecule has 0 bridgehead atoms. The minimum Gasteiger partial charge on any atom is -0.348 e. The van der Waals surface area contributed by atoms with Crippen LogP contribution in [0, 0.1) is 6.92 Å². The number of amides is 3. The lowest BCUT2D eigenvalue weighted by molar-refractivity contribution is -0.134. The van der Waals surface area contributed by atoms with Crippen LogP contribution in [0.5, 0.6) is 0 Å². The number of rotatable bonds is 4. The molecule has 0 aliphatic carbocycles. The molecule has 6 nitrogen and oxygen atoms in total. The van der Waals surface area contributed by atoms with Gasteiger partial charge in [0.25, 0.3) is 0 Å². The van der Waals surface area contributed by atoms with Crippen LogP contribution in [0.3, 0.4) is 0 Å². The summed E-state index contributed by atoms with van der Waals surface area (Å²) in [5.74, 6) is -0.0222. The van der Waals surface area contributed by atoms with Gasteiger partial charge in [-0.25, -0.2) is 4.79 Å². The Morgan fingerprint density at radius 3 is 2.59 bits per heavy atom. The van der Waals surface area contributed by atoms with Gasteiger partial charge in [0.1, 0.15) is 6.54 Å². The van der Waals surface area contributed by atoms with Crippen molar-refractivity contribution in [3.8, 4) is 0 Å². The van der Waals surface area contributed by atoms with Gasteiger partial charge < -0.3 is 19.3 Å². The van der Waals surface area contributed by atoms with E-state index >= 15 is 0 Å². The normalized spacial score (nSPS) is 16.0. The molecule has 1 aliphatic heterocycles. The Labute approximate surface area is 161 Å². The van der Waals surface area contributed by atoms with Crippen LogP contribution < -0.4 is 0 Å². The van der Waals surface area contributed by atoms with E-state index in [1.807, 2.05) is 24.0 Å². The molecule has 0 saturated carbocycles. The van der Waals surface area contributed by atoms with Gasteiger partial charge in [-0.1, -0.05) is 29.8 Å². The standard InChI is InChI=1S/C21H28N4O2/c1-5-23(21(27)22(3)4)15-19(26)25-13-12-24-11-7-10-18(24)20(25)17-9-6-8-16(2)14-17/h6-11,14,20H,5,12-13,15H2,1-4H3. The lowest BCUT2D eigenvalue weighted by Gasteiger charge is -2.38. The Balaban J connectivity index is 1.91. The number of aryl methyl sites for hydroxylation is 1. The van der Waals surface area contributed by atoms with E-state index in [9.17, 15) is 9.59 Å². The molecule has 2 aromatic rings. The Morgan fingerprint density at radius 2 is 1.93 bits per heavy atom. The highest BCUT2D eigenvalue weighted by molar-refractivity contribution is 5.84. The summed E-state index contributed by atoms with van der Waals surface area (Å²) in [5.41, 5.74) is 3.38. The number of nitrogens with zero attached hydrogens (tertiary/aromatic N) is 4. The number of carbonyl (C=O) groups excluding carboxylic acids is 2. The van der Waals surface area contributed by atoms with Crippen molar-refractivity contribution in [1.29, 1.82) is 0 Å². The highest BCUT2D eigenvalue weighted by Gasteiger charge is 2.33. The molecule has 6 heteroatoms. The average Bonchev–Trinajstić information content (AvgIpc) is 3.13. The van der Waals surface area contributed by atoms with Crippen molar-refractivity contribution in [3.63, 3.8) is 0 Å². The zero-order valence-electron chi connectivity index (χ0n) is 16.6. The van der Waals surface area contributed by atoms with Crippen molar-refractivity contribution >= 4 is 11.9 Å². The van der Waals surface area contributed by atoms with Crippen LogP contribution in [0.25, 0.3) is 0 Å². The lowest BCUT2D eigenvalue weighted by Crippen LogP contribution is -2.49. The van der Waals surface area contributed by atoms with E-state index in [0.717, 1.165) is 17.8 Å². The summed E-state index contributed by atoms with van der Waals surface area (Å²) in [4.78, 5) is 30.5. The second-order valence-corrected chi connectivity index (χ2v) is 7.22. The van der Waals surface area contributed by atoms with Crippen LogP contribution in [-0.4, -0.2) is 64.9 Å². The molecule has 1 aromatic heterocycles. The Morgan fingerprint density at radius 1 is 1.15 bits per heavy atom. The SMILES string of the molecule is CCN(CC(=O)N1CCn2cccc2C1c1cccc(C)c1)C(=O)N(C)C. The first-order valence-corrected chi connectivity index (χ1v) is 9.39. The highest BCUT2D eigenvalue weighted by atomic mass is 16.2. The Hall–Kier alpha value is -2.76. The van der Waals surface area contributed by atoms with Crippen LogP contribution in [-0.2, 0) is 11.3 Å². The van der Waals surface area contributed by atoms with E-state index in [2.05, 4.69) is 42.0 Å². The average molecular weight is 368 g/mol. The van der Waals surface area contributed by atoms with Crippen molar-refractivity contribution in [2.45, 2.75) is 26.4 Å². The van der Waals surface area contributed by atoms with Crippen molar-refractivity contribution in [2.75, 3.05) is 33.7 Å². The molecular weight excluding hydrogens is 340 g/mol. The molecule has 3 amide bonds. The molecular formula is C21H28N4O2. The van der Waals surface area contributed by atoms with Gasteiger partial charge in [-0.3, -0.25) is 4.79 Å². The number of urea groups is 1. The summed E-state index contributed by atoms with van der Waals surface area (Å²) in [7, 11) is 3.41. The number of benzene rings is 1. The molecule has 1 aliphatic rings. The summed E-state index contributed by atoms with van der Waals surface area (Å²) in [6.45, 7) is 5.95. The van der Waals surface area contributed by atoms with Crippen LogP contribution >= 0.6 is 0 Å². The van der Waals surface area contributed by atoms with Gasteiger partial charge in [-0.05, 0) is 31.5 Å². The molecule has 0 fully saturated rings. The number of aromatic nitrogens is 1. The number of fused-ring (bicyclic) bond motifs is 1. The minimum absolute atomic E-state index is 0.0222. The molecule has 144 valence electrons. The Bertz CT molecular complexity index is 827. The molecule has 1 atom stereocenters. The smallest absolute Gasteiger partial charge is 0.319 e. The Kier molecular flexibility index (Phi) is 5.54. The monoisotopic (exact) mass is 368 g/mol. The molecule has 1 aromatic carbocycles. The van der Waals surface area contributed by atoms with E-state index in [4.69, 9.17) is 0 Å². The predicted octanol–water partition coefficient (Wildman–Crippen LogP) is 2.73. The van der Waals surface area contributed by atoms with Gasteiger partial charge in [0.2, 0.25) is 5.91 Å². The van der Waals surface area contributed by atoms with E-state index in [-0.39, 0.29) is 24.5 Å². The first-order chi connectivity index (χ1) is 12.9. The quantitative estimate of drug-likeness (QED) is 0.833. The van der Waals surface area contributed by atoms with Gasteiger partial charge in [0.05, 0.1) is 6.04 Å². The summed E-state index contributed by atoms with van der Waals surface area (Å²) in [6.07, 6.45) is 2.06. The second-order valence-electron chi connectivity index (χ2n) is 7.22. The summed E-state index contributed by atoms with van der Waals surface area (Å²) < 4.78 is 2.21. The fourth-order valence-corrected chi connectivity index (χ4v) is 3.69. The van der Waals surface area contributed by atoms with Gasteiger partial charge in [-0.15, -0.1) is 0 Å². The fraction of sp³-hybridized carbons (Fsp3) is 0.429. The van der Waals surface area contributed by atoms with E-state index < -0.39 is 0 Å². The fourth-order valence-electron chi connectivity index (χ4n) is 3.69. The molecule has 2 heterocycles. The predicted molar refractivity (Wildman–Crippen MR) is 105 cm³/mol. The van der Waals surface area contributed by atoms with E-state index in [1.165, 1.54) is 10.5 Å². The number of carbonyl (C=O) groups is 2. The molecule has 0 N–H and O–H groups in total. The number of likely N-dealkylation sites (N-methyl/N-ethyl adjacent to an activating group) is 1. The van der Waals surface area contributed by atoms with Gasteiger partial charge in [0, 0.05) is 45.6 Å². The third-order valence-corrected chi connectivity index (χ3v) is 5.08. The third kappa shape index (κ3) is 3.84. The molecule has 1 unspecified atom stereocenters. The first kappa shape index (κ1) is 19.0. The summed E-state index contributed by atoms with van der Waals surface area (Å²) in [5, 5.41) is 0. The van der Waals surface area contributed by atoms with Crippen LogP contribution in [0.1, 0.15) is 29.8 Å². The maximum atomic E-state index is 13.2. The first-order valence-electron chi connectivity index (χ1n) is 9.39. The lowest BCUT2D eigenvalue weighted by atomic mass is 9.98. The molecule has 0 spiro atoms.